The van der Waals surface area contributed by atoms with Crippen LogP contribution in [0.4, 0.5) is 0 Å². The predicted octanol–water partition coefficient (Wildman–Crippen LogP) is 4.71. The minimum atomic E-state index is -0.204. The third-order valence-electron chi connectivity index (χ3n) is 4.47. The Morgan fingerprint density at radius 1 is 1.15 bits per heavy atom. The zero-order valence-corrected chi connectivity index (χ0v) is 15.5. The molecule has 1 aliphatic heterocycles. The summed E-state index contributed by atoms with van der Waals surface area (Å²) in [6.45, 7) is 1.92. The number of hydrogen-bond acceptors (Lipinski definition) is 5. The summed E-state index contributed by atoms with van der Waals surface area (Å²) in [5, 5.41) is 1.67. The van der Waals surface area contributed by atoms with E-state index in [-0.39, 0.29) is 17.3 Å². The number of aromatic nitrogens is 1. The molecular formula is C21H19NO3S. The van der Waals surface area contributed by atoms with E-state index in [1.165, 1.54) is 11.8 Å². The van der Waals surface area contributed by atoms with Crippen LogP contribution in [0.25, 0.3) is 22.0 Å². The smallest absolute Gasteiger partial charge is 0.319 e. The lowest BCUT2D eigenvalue weighted by Gasteiger charge is -2.12. The Balaban J connectivity index is 1.81. The molecule has 0 amide bonds. The van der Waals surface area contributed by atoms with Crippen LogP contribution in [0.3, 0.4) is 0 Å². The van der Waals surface area contributed by atoms with E-state index in [4.69, 9.17) is 14.5 Å². The number of methoxy groups -OCH3 is 1. The summed E-state index contributed by atoms with van der Waals surface area (Å²) >= 11 is 1.47. The summed E-state index contributed by atoms with van der Waals surface area (Å²) in [7, 11) is 1.65. The summed E-state index contributed by atoms with van der Waals surface area (Å²) < 4.78 is 10.6. The molecule has 26 heavy (non-hydrogen) atoms. The van der Waals surface area contributed by atoms with Gasteiger partial charge in [0.05, 0.1) is 17.7 Å². The van der Waals surface area contributed by atoms with Crippen molar-refractivity contribution in [1.82, 2.24) is 4.98 Å². The summed E-state index contributed by atoms with van der Waals surface area (Å²) in [5.41, 5.74) is 3.07. The molecule has 1 aliphatic rings. The van der Waals surface area contributed by atoms with Crippen molar-refractivity contribution >= 4 is 28.6 Å². The van der Waals surface area contributed by atoms with Crippen LogP contribution in [0.2, 0.25) is 0 Å². The van der Waals surface area contributed by atoms with Crippen molar-refractivity contribution in [3.05, 3.63) is 54.6 Å². The van der Waals surface area contributed by atoms with Crippen molar-refractivity contribution in [3.8, 4) is 16.9 Å². The number of hydrogen-bond donors (Lipinski definition) is 0. The van der Waals surface area contributed by atoms with E-state index < -0.39 is 0 Å². The van der Waals surface area contributed by atoms with Crippen LogP contribution in [-0.2, 0) is 9.53 Å². The number of rotatable bonds is 4. The molecule has 1 fully saturated rings. The topological polar surface area (TPSA) is 48.4 Å². The van der Waals surface area contributed by atoms with Gasteiger partial charge in [-0.25, -0.2) is 4.98 Å². The van der Waals surface area contributed by atoms with Crippen LogP contribution in [-0.4, -0.2) is 29.4 Å². The van der Waals surface area contributed by atoms with Gasteiger partial charge in [-0.05, 0) is 36.2 Å². The molecule has 5 heteroatoms. The summed E-state index contributed by atoms with van der Waals surface area (Å²) in [6.07, 6.45) is 0.677. The lowest BCUT2D eigenvalue weighted by molar-refractivity contribution is -0.140. The second-order valence-electron chi connectivity index (χ2n) is 6.35. The average molecular weight is 365 g/mol. The first-order valence-corrected chi connectivity index (χ1v) is 9.43. The van der Waals surface area contributed by atoms with Gasteiger partial charge < -0.3 is 9.47 Å². The number of fused-ring (bicyclic) bond motifs is 1. The van der Waals surface area contributed by atoms with Gasteiger partial charge in [-0.2, -0.15) is 0 Å². The average Bonchev–Trinajstić information content (AvgIpc) is 2.98. The standard InChI is InChI=1S/C21H19NO3S/c1-13-10-19(21(23)25-13)26-20-12-17(14-6-4-3-5-7-14)16-9-8-15(24-2)11-18(16)22-20/h3-9,11-13,19H,10H2,1-2H3/t13-,19+/m0/s1. The van der Waals surface area contributed by atoms with Gasteiger partial charge in [0.25, 0.3) is 0 Å². The number of benzene rings is 2. The van der Waals surface area contributed by atoms with E-state index in [1.54, 1.807) is 7.11 Å². The monoisotopic (exact) mass is 365 g/mol. The first-order valence-electron chi connectivity index (χ1n) is 8.55. The second-order valence-corrected chi connectivity index (χ2v) is 7.57. The molecule has 0 bridgehead atoms. The number of carbonyl (C=O) groups is 1. The zero-order chi connectivity index (χ0) is 18.1. The number of nitrogens with zero attached hydrogens (tertiary/aromatic N) is 1. The molecular weight excluding hydrogens is 346 g/mol. The molecule has 132 valence electrons. The Morgan fingerprint density at radius 2 is 1.96 bits per heavy atom. The molecule has 0 spiro atoms. The molecule has 2 atom stereocenters. The predicted molar refractivity (Wildman–Crippen MR) is 104 cm³/mol. The minimum absolute atomic E-state index is 0.0332. The molecule has 1 saturated heterocycles. The Kier molecular flexibility index (Phi) is 4.55. The molecule has 0 N–H and O–H groups in total. The van der Waals surface area contributed by atoms with Crippen molar-refractivity contribution in [2.75, 3.05) is 7.11 Å². The van der Waals surface area contributed by atoms with Crippen molar-refractivity contribution in [2.45, 2.75) is 29.7 Å². The van der Waals surface area contributed by atoms with E-state index in [2.05, 4.69) is 18.2 Å². The highest BCUT2D eigenvalue weighted by atomic mass is 32.2. The SMILES string of the molecule is COc1ccc2c(-c3ccccc3)cc(S[C@@H]3C[C@H](C)OC3=O)nc2c1. The molecule has 2 heterocycles. The fraction of sp³-hybridized carbons (Fsp3) is 0.238. The summed E-state index contributed by atoms with van der Waals surface area (Å²) in [5.74, 6) is 0.608. The Bertz CT molecular complexity index is 958. The molecule has 4 rings (SSSR count). The largest absolute Gasteiger partial charge is 0.497 e. The lowest BCUT2D eigenvalue weighted by Crippen LogP contribution is -2.09. The van der Waals surface area contributed by atoms with Crippen LogP contribution < -0.4 is 4.74 Å². The van der Waals surface area contributed by atoms with E-state index in [9.17, 15) is 4.79 Å². The third kappa shape index (κ3) is 3.27. The van der Waals surface area contributed by atoms with Crippen LogP contribution >= 0.6 is 11.8 Å². The Hall–Kier alpha value is -2.53. The highest BCUT2D eigenvalue weighted by Crippen LogP contribution is 2.37. The first kappa shape index (κ1) is 16.9. The molecule has 3 aromatic rings. The van der Waals surface area contributed by atoms with Crippen LogP contribution in [0, 0.1) is 0 Å². The number of esters is 1. The van der Waals surface area contributed by atoms with Crippen molar-refractivity contribution in [3.63, 3.8) is 0 Å². The first-order chi connectivity index (χ1) is 12.6. The number of thioether (sulfide) groups is 1. The number of carbonyl (C=O) groups excluding carboxylic acids is 1. The van der Waals surface area contributed by atoms with E-state index in [0.717, 1.165) is 32.8 Å². The Morgan fingerprint density at radius 3 is 2.65 bits per heavy atom. The summed E-state index contributed by atoms with van der Waals surface area (Å²) in [4.78, 5) is 16.8. The minimum Gasteiger partial charge on any atom is -0.497 e. The van der Waals surface area contributed by atoms with Gasteiger partial charge in [0, 0.05) is 17.9 Å². The number of ether oxygens (including phenoxy) is 2. The van der Waals surface area contributed by atoms with Gasteiger partial charge in [-0.3, -0.25) is 4.79 Å². The van der Waals surface area contributed by atoms with Gasteiger partial charge in [0.1, 0.15) is 17.1 Å². The maximum absolute atomic E-state index is 12.0. The molecule has 0 aliphatic carbocycles. The molecule has 0 unspecified atom stereocenters. The van der Waals surface area contributed by atoms with Crippen molar-refractivity contribution in [2.24, 2.45) is 0 Å². The Labute approximate surface area is 156 Å². The zero-order valence-electron chi connectivity index (χ0n) is 14.6. The normalized spacial score (nSPS) is 19.5. The third-order valence-corrected chi connectivity index (χ3v) is 5.59. The van der Waals surface area contributed by atoms with Crippen molar-refractivity contribution in [1.29, 1.82) is 0 Å². The van der Waals surface area contributed by atoms with Crippen LogP contribution in [0.15, 0.2) is 59.6 Å². The number of pyridine rings is 1. The van der Waals surface area contributed by atoms with E-state index in [0.29, 0.717) is 6.42 Å². The van der Waals surface area contributed by atoms with E-state index in [1.807, 2.05) is 43.3 Å². The molecule has 0 radical (unpaired) electrons. The van der Waals surface area contributed by atoms with Crippen molar-refractivity contribution < 1.29 is 14.3 Å². The fourth-order valence-electron chi connectivity index (χ4n) is 3.19. The maximum Gasteiger partial charge on any atom is 0.319 e. The van der Waals surface area contributed by atoms with Gasteiger partial charge in [0.15, 0.2) is 0 Å². The molecule has 0 saturated carbocycles. The molecule has 2 aromatic carbocycles. The summed E-state index contributed by atoms with van der Waals surface area (Å²) in [6, 6.07) is 18.2. The van der Waals surface area contributed by atoms with Gasteiger partial charge in [-0.1, -0.05) is 42.1 Å². The fourth-order valence-corrected chi connectivity index (χ4v) is 4.34. The highest BCUT2D eigenvalue weighted by Gasteiger charge is 2.33. The van der Waals surface area contributed by atoms with Crippen LogP contribution in [0.1, 0.15) is 13.3 Å². The second kappa shape index (κ2) is 7.00. The highest BCUT2D eigenvalue weighted by molar-refractivity contribution is 8.00. The van der Waals surface area contributed by atoms with E-state index >= 15 is 0 Å². The maximum atomic E-state index is 12.0. The quantitative estimate of drug-likeness (QED) is 0.627. The van der Waals surface area contributed by atoms with Gasteiger partial charge in [0.2, 0.25) is 0 Å². The van der Waals surface area contributed by atoms with Gasteiger partial charge >= 0.3 is 5.97 Å². The molecule has 1 aromatic heterocycles. The van der Waals surface area contributed by atoms with Gasteiger partial charge in [-0.15, -0.1) is 0 Å². The lowest BCUT2D eigenvalue weighted by atomic mass is 10.0. The van der Waals surface area contributed by atoms with Crippen LogP contribution in [0.5, 0.6) is 5.75 Å². The number of cyclic esters (lactones) is 1. The molecule has 4 nitrogen and oxygen atoms in total.